The molecule has 0 spiro atoms. The lowest BCUT2D eigenvalue weighted by Crippen LogP contribution is -2.41. The van der Waals surface area contributed by atoms with Crippen LogP contribution in [-0.2, 0) is 9.31 Å². The largest absolute Gasteiger partial charge is 0.499 e. The maximum atomic E-state index is 14.0. The monoisotopic (exact) mass is 297 g/mol. The van der Waals surface area contributed by atoms with Crippen molar-refractivity contribution in [2.45, 2.75) is 38.9 Å². The van der Waals surface area contributed by atoms with Gasteiger partial charge in [-0.05, 0) is 27.7 Å². The number of nitro groups is 1. The fourth-order valence-electron chi connectivity index (χ4n) is 2.07. The van der Waals surface area contributed by atoms with Gasteiger partial charge in [0.25, 0.3) is 5.69 Å². The summed E-state index contributed by atoms with van der Waals surface area (Å²) in [6, 6.07) is 2.03. The first-order valence-corrected chi connectivity index (χ1v) is 6.46. The Bertz CT molecular complexity index is 574. The molecular formula is C13H17BFNO5. The highest BCUT2D eigenvalue weighted by molar-refractivity contribution is 6.63. The Balaban J connectivity index is 2.51. The van der Waals surface area contributed by atoms with Crippen LogP contribution in [0.5, 0.6) is 5.75 Å². The number of nitro benzene ring substituents is 1. The van der Waals surface area contributed by atoms with Crippen molar-refractivity contribution in [3.05, 3.63) is 28.1 Å². The van der Waals surface area contributed by atoms with Crippen LogP contribution in [0.1, 0.15) is 27.7 Å². The van der Waals surface area contributed by atoms with Crippen LogP contribution in [0.2, 0.25) is 0 Å². The highest BCUT2D eigenvalue weighted by Gasteiger charge is 2.53. The van der Waals surface area contributed by atoms with Crippen molar-refractivity contribution in [2.75, 3.05) is 7.11 Å². The topological polar surface area (TPSA) is 70.8 Å². The Kier molecular flexibility index (Phi) is 3.71. The van der Waals surface area contributed by atoms with E-state index in [4.69, 9.17) is 14.0 Å². The molecule has 1 aromatic carbocycles. The fraction of sp³-hybridized carbons (Fsp3) is 0.538. The van der Waals surface area contributed by atoms with Gasteiger partial charge in [0.1, 0.15) is 0 Å². The average Bonchev–Trinajstić information content (AvgIpc) is 2.57. The molecule has 1 saturated heterocycles. The van der Waals surface area contributed by atoms with Crippen molar-refractivity contribution in [1.82, 2.24) is 0 Å². The summed E-state index contributed by atoms with van der Waals surface area (Å²) in [6.07, 6.45) is 0. The molecule has 1 aromatic rings. The van der Waals surface area contributed by atoms with Crippen molar-refractivity contribution in [3.8, 4) is 5.75 Å². The van der Waals surface area contributed by atoms with Gasteiger partial charge in [-0.3, -0.25) is 10.1 Å². The second-order valence-electron chi connectivity index (χ2n) is 5.90. The summed E-state index contributed by atoms with van der Waals surface area (Å²) in [7, 11) is 0.360. The Hall–Kier alpha value is -1.67. The molecule has 0 aromatic heterocycles. The summed E-state index contributed by atoms with van der Waals surface area (Å²) >= 11 is 0. The van der Waals surface area contributed by atoms with Crippen LogP contribution in [0.25, 0.3) is 0 Å². The molecule has 0 N–H and O–H groups in total. The van der Waals surface area contributed by atoms with E-state index in [1.807, 2.05) is 27.7 Å². The van der Waals surface area contributed by atoms with Crippen LogP contribution in [0.3, 0.4) is 0 Å². The summed E-state index contributed by atoms with van der Waals surface area (Å²) in [6.45, 7) is 7.36. The zero-order chi connectivity index (χ0) is 16.0. The molecule has 0 radical (unpaired) electrons. The summed E-state index contributed by atoms with van der Waals surface area (Å²) in [5, 5.41) is 10.9. The maximum absolute atomic E-state index is 14.0. The van der Waals surface area contributed by atoms with Crippen LogP contribution < -0.4 is 10.2 Å². The van der Waals surface area contributed by atoms with Gasteiger partial charge in [0.15, 0.2) is 11.6 Å². The molecule has 2 rings (SSSR count). The Morgan fingerprint density at radius 1 is 1.24 bits per heavy atom. The number of rotatable bonds is 3. The van der Waals surface area contributed by atoms with Crippen molar-refractivity contribution in [2.24, 2.45) is 0 Å². The van der Waals surface area contributed by atoms with E-state index in [-0.39, 0.29) is 16.9 Å². The van der Waals surface area contributed by atoms with E-state index in [0.29, 0.717) is 0 Å². The van der Waals surface area contributed by atoms with Crippen LogP contribution in [0, 0.1) is 15.9 Å². The molecular weight excluding hydrogens is 280 g/mol. The van der Waals surface area contributed by atoms with Gasteiger partial charge in [-0.2, -0.15) is 0 Å². The van der Waals surface area contributed by atoms with Gasteiger partial charge in [0.05, 0.1) is 29.3 Å². The number of nitrogens with zero attached hydrogens (tertiary/aromatic N) is 1. The maximum Gasteiger partial charge on any atom is 0.499 e. The minimum absolute atomic E-state index is 0.112. The van der Waals surface area contributed by atoms with Gasteiger partial charge in [-0.25, -0.2) is 4.39 Å². The fourth-order valence-corrected chi connectivity index (χ4v) is 2.07. The van der Waals surface area contributed by atoms with E-state index in [0.717, 1.165) is 6.07 Å². The van der Waals surface area contributed by atoms with Crippen LogP contribution >= 0.6 is 0 Å². The zero-order valence-corrected chi connectivity index (χ0v) is 12.6. The highest BCUT2D eigenvalue weighted by Crippen LogP contribution is 2.37. The van der Waals surface area contributed by atoms with Crippen molar-refractivity contribution >= 4 is 18.3 Å². The third-order valence-electron chi connectivity index (χ3n) is 3.98. The number of methoxy groups -OCH3 is 1. The lowest BCUT2D eigenvalue weighted by molar-refractivity contribution is -0.385. The first-order valence-electron chi connectivity index (χ1n) is 6.46. The van der Waals surface area contributed by atoms with Crippen molar-refractivity contribution < 1.29 is 23.4 Å². The molecule has 0 bridgehead atoms. The molecule has 114 valence electrons. The molecule has 1 fully saturated rings. The molecule has 1 aliphatic rings. The van der Waals surface area contributed by atoms with Crippen molar-refractivity contribution in [1.29, 1.82) is 0 Å². The quantitative estimate of drug-likeness (QED) is 0.485. The zero-order valence-electron chi connectivity index (χ0n) is 12.6. The molecule has 1 aliphatic heterocycles. The minimum atomic E-state index is -0.931. The second-order valence-corrected chi connectivity index (χ2v) is 5.90. The van der Waals surface area contributed by atoms with Gasteiger partial charge in [-0.15, -0.1) is 0 Å². The predicted octanol–water partition coefficient (Wildman–Crippen LogP) is 2.04. The summed E-state index contributed by atoms with van der Waals surface area (Å²) in [4.78, 5) is 10.2. The van der Waals surface area contributed by atoms with Crippen molar-refractivity contribution in [3.63, 3.8) is 0 Å². The van der Waals surface area contributed by atoms with E-state index in [2.05, 4.69) is 0 Å². The summed E-state index contributed by atoms with van der Waals surface area (Å²) in [5.74, 6) is -0.935. The van der Waals surface area contributed by atoms with Crippen LogP contribution in [0.15, 0.2) is 12.1 Å². The number of non-ortho nitro benzene ring substituents is 1. The van der Waals surface area contributed by atoms with Gasteiger partial charge in [0.2, 0.25) is 0 Å². The molecule has 0 aliphatic carbocycles. The number of ether oxygens (including phenoxy) is 1. The number of hydrogen-bond acceptors (Lipinski definition) is 5. The molecule has 1 heterocycles. The van der Waals surface area contributed by atoms with E-state index in [1.165, 1.54) is 13.2 Å². The molecule has 8 heteroatoms. The van der Waals surface area contributed by atoms with E-state index < -0.39 is 29.1 Å². The Morgan fingerprint density at radius 2 is 1.76 bits per heavy atom. The number of hydrogen-bond donors (Lipinski definition) is 0. The molecule has 0 saturated carbocycles. The predicted molar refractivity (Wildman–Crippen MR) is 75.3 cm³/mol. The third kappa shape index (κ3) is 2.61. The van der Waals surface area contributed by atoms with Gasteiger partial charge >= 0.3 is 7.12 Å². The van der Waals surface area contributed by atoms with E-state index >= 15 is 0 Å². The minimum Gasteiger partial charge on any atom is -0.494 e. The lowest BCUT2D eigenvalue weighted by atomic mass is 9.78. The van der Waals surface area contributed by atoms with E-state index in [9.17, 15) is 14.5 Å². The van der Waals surface area contributed by atoms with E-state index in [1.54, 1.807) is 0 Å². The molecule has 0 unspecified atom stereocenters. The Morgan fingerprint density at radius 3 is 2.19 bits per heavy atom. The van der Waals surface area contributed by atoms with Crippen LogP contribution in [0.4, 0.5) is 10.1 Å². The SMILES string of the molecule is COc1c(F)cc([N+](=O)[O-])cc1B1OC(C)(C)C(C)(C)O1. The first kappa shape index (κ1) is 15.7. The summed E-state index contributed by atoms with van der Waals surface area (Å²) in [5.41, 5.74) is -1.48. The van der Waals surface area contributed by atoms with Gasteiger partial charge in [0, 0.05) is 11.5 Å². The smallest absolute Gasteiger partial charge is 0.494 e. The molecule has 6 nitrogen and oxygen atoms in total. The Labute approximate surface area is 122 Å². The first-order chi connectivity index (χ1) is 9.59. The molecule has 0 amide bonds. The standard InChI is InChI=1S/C13H17BFNO5/c1-12(2)13(3,4)21-14(20-12)9-6-8(16(17)18)7-10(15)11(9)19-5/h6-7H,1-5H3. The third-order valence-corrected chi connectivity index (χ3v) is 3.98. The lowest BCUT2D eigenvalue weighted by Gasteiger charge is -2.32. The molecule has 21 heavy (non-hydrogen) atoms. The molecule has 0 atom stereocenters. The van der Waals surface area contributed by atoms with Crippen LogP contribution in [-0.4, -0.2) is 30.4 Å². The average molecular weight is 297 g/mol. The second kappa shape index (κ2) is 4.96. The normalized spacial score (nSPS) is 19.6. The number of benzene rings is 1. The van der Waals surface area contributed by atoms with Gasteiger partial charge < -0.3 is 14.0 Å². The highest BCUT2D eigenvalue weighted by atomic mass is 19.1. The summed E-state index contributed by atoms with van der Waals surface area (Å²) < 4.78 is 30.6. The van der Waals surface area contributed by atoms with Gasteiger partial charge in [-0.1, -0.05) is 0 Å². The number of halogens is 1.